The van der Waals surface area contributed by atoms with Crippen molar-refractivity contribution in [2.24, 2.45) is 0 Å². The maximum absolute atomic E-state index is 11.8. The molecule has 18 heavy (non-hydrogen) atoms. The molecule has 0 atom stereocenters. The molecule has 0 aliphatic rings. The molecule has 0 fully saturated rings. The summed E-state index contributed by atoms with van der Waals surface area (Å²) in [6.07, 6.45) is 0. The minimum Gasteiger partial charge on any atom is -0.493 e. The number of ether oxygens (including phenoxy) is 2. The zero-order chi connectivity index (χ0) is 13.7. The van der Waals surface area contributed by atoms with Crippen LogP contribution < -0.4 is 19.7 Å². The lowest BCUT2D eigenvalue weighted by molar-refractivity contribution is -0.117. The number of nitrogens with zero attached hydrogens (tertiary/aromatic N) is 1. The summed E-state index contributed by atoms with van der Waals surface area (Å²) in [5, 5.41) is 2.84. The fraction of sp³-hybridized carbons (Fsp3) is 0.462. The second kappa shape index (κ2) is 6.26. The fourth-order valence-electron chi connectivity index (χ4n) is 1.74. The Balaban J connectivity index is 3.12. The van der Waals surface area contributed by atoms with Crippen molar-refractivity contribution in [2.75, 3.05) is 39.8 Å². The zero-order valence-corrected chi connectivity index (χ0v) is 11.5. The molecule has 1 aromatic rings. The molecule has 0 aliphatic heterocycles. The predicted octanol–water partition coefficient (Wildman–Crippen LogP) is 1.19. The van der Waals surface area contributed by atoms with Crippen molar-refractivity contribution >= 4 is 11.6 Å². The fourth-order valence-corrected chi connectivity index (χ4v) is 1.74. The second-order valence-electron chi connectivity index (χ2n) is 3.98. The largest absolute Gasteiger partial charge is 0.493 e. The van der Waals surface area contributed by atoms with Crippen LogP contribution in [0.15, 0.2) is 12.1 Å². The molecule has 100 valence electrons. The third-order valence-corrected chi connectivity index (χ3v) is 2.77. The summed E-state index contributed by atoms with van der Waals surface area (Å²) in [5.41, 5.74) is 1.77. The number of carbonyl (C=O) groups excluding carboxylic acids is 1. The van der Waals surface area contributed by atoms with Crippen LogP contribution in [0.5, 0.6) is 11.5 Å². The van der Waals surface area contributed by atoms with Crippen LogP contribution in [0.1, 0.15) is 5.56 Å². The molecule has 0 bridgehead atoms. The van der Waals surface area contributed by atoms with Crippen molar-refractivity contribution < 1.29 is 14.3 Å². The van der Waals surface area contributed by atoms with E-state index in [0.29, 0.717) is 18.0 Å². The molecule has 5 heteroatoms. The Hall–Kier alpha value is -1.75. The SMILES string of the molecule is CNCC(=O)N(C)c1cc(OC)c(OC)cc1C. The Kier molecular flexibility index (Phi) is 4.97. The Labute approximate surface area is 108 Å². The maximum atomic E-state index is 11.8. The number of benzene rings is 1. The van der Waals surface area contributed by atoms with Gasteiger partial charge in [-0.25, -0.2) is 0 Å². The van der Waals surface area contributed by atoms with E-state index in [9.17, 15) is 4.79 Å². The van der Waals surface area contributed by atoms with Gasteiger partial charge in [-0.05, 0) is 25.6 Å². The minimum absolute atomic E-state index is 0.00665. The number of hydrogen-bond acceptors (Lipinski definition) is 4. The van der Waals surface area contributed by atoms with Gasteiger partial charge in [-0.1, -0.05) is 0 Å². The molecular formula is C13H20N2O3. The second-order valence-corrected chi connectivity index (χ2v) is 3.98. The van der Waals surface area contributed by atoms with E-state index in [2.05, 4.69) is 5.32 Å². The normalized spacial score (nSPS) is 10.1. The lowest BCUT2D eigenvalue weighted by Gasteiger charge is -2.21. The van der Waals surface area contributed by atoms with E-state index in [1.165, 1.54) is 0 Å². The number of hydrogen-bond donors (Lipinski definition) is 1. The number of likely N-dealkylation sites (N-methyl/N-ethyl adjacent to an activating group) is 2. The number of aryl methyl sites for hydroxylation is 1. The van der Waals surface area contributed by atoms with Crippen LogP contribution in [0.25, 0.3) is 0 Å². The Morgan fingerprint density at radius 1 is 1.28 bits per heavy atom. The van der Waals surface area contributed by atoms with Gasteiger partial charge < -0.3 is 19.7 Å². The van der Waals surface area contributed by atoms with Gasteiger partial charge in [0.05, 0.1) is 26.5 Å². The van der Waals surface area contributed by atoms with Gasteiger partial charge in [0, 0.05) is 13.1 Å². The van der Waals surface area contributed by atoms with Crippen LogP contribution in [0.4, 0.5) is 5.69 Å². The van der Waals surface area contributed by atoms with Crippen molar-refractivity contribution in [3.8, 4) is 11.5 Å². The monoisotopic (exact) mass is 252 g/mol. The molecule has 0 unspecified atom stereocenters. The molecule has 0 spiro atoms. The van der Waals surface area contributed by atoms with Crippen molar-refractivity contribution in [2.45, 2.75) is 6.92 Å². The number of amides is 1. The maximum Gasteiger partial charge on any atom is 0.240 e. The third kappa shape index (κ3) is 2.92. The quantitative estimate of drug-likeness (QED) is 0.855. The molecular weight excluding hydrogens is 232 g/mol. The number of methoxy groups -OCH3 is 2. The highest BCUT2D eigenvalue weighted by Crippen LogP contribution is 2.34. The summed E-state index contributed by atoms with van der Waals surface area (Å²) in [6, 6.07) is 3.67. The third-order valence-electron chi connectivity index (χ3n) is 2.77. The van der Waals surface area contributed by atoms with Crippen LogP contribution in [-0.4, -0.2) is 40.8 Å². The lowest BCUT2D eigenvalue weighted by atomic mass is 10.1. The van der Waals surface area contributed by atoms with Gasteiger partial charge in [0.15, 0.2) is 11.5 Å². The number of anilines is 1. The van der Waals surface area contributed by atoms with Crippen LogP contribution in [0.2, 0.25) is 0 Å². The highest BCUT2D eigenvalue weighted by molar-refractivity contribution is 5.95. The Morgan fingerprint density at radius 3 is 2.33 bits per heavy atom. The van der Waals surface area contributed by atoms with Gasteiger partial charge in [-0.2, -0.15) is 0 Å². The minimum atomic E-state index is -0.00665. The first-order valence-corrected chi connectivity index (χ1v) is 5.69. The van der Waals surface area contributed by atoms with Crippen molar-refractivity contribution in [3.05, 3.63) is 17.7 Å². The molecule has 0 radical (unpaired) electrons. The standard InChI is InChI=1S/C13H20N2O3/c1-9-6-11(17-4)12(18-5)7-10(9)15(3)13(16)8-14-2/h6-7,14H,8H2,1-5H3. The van der Waals surface area contributed by atoms with Gasteiger partial charge >= 0.3 is 0 Å². The molecule has 1 rings (SSSR count). The first-order chi connectivity index (χ1) is 8.54. The van der Waals surface area contributed by atoms with E-state index in [-0.39, 0.29) is 5.91 Å². The zero-order valence-electron chi connectivity index (χ0n) is 11.5. The van der Waals surface area contributed by atoms with E-state index < -0.39 is 0 Å². The summed E-state index contributed by atoms with van der Waals surface area (Å²) < 4.78 is 10.5. The Bertz CT molecular complexity index is 432. The number of carbonyl (C=O) groups is 1. The summed E-state index contributed by atoms with van der Waals surface area (Å²) in [5.74, 6) is 1.27. The van der Waals surface area contributed by atoms with Crippen molar-refractivity contribution in [1.29, 1.82) is 0 Å². The first-order valence-electron chi connectivity index (χ1n) is 5.69. The van der Waals surface area contributed by atoms with E-state index in [4.69, 9.17) is 9.47 Å². The van der Waals surface area contributed by atoms with Crippen LogP contribution in [-0.2, 0) is 4.79 Å². The smallest absolute Gasteiger partial charge is 0.240 e. The molecule has 1 amide bonds. The predicted molar refractivity (Wildman–Crippen MR) is 71.6 cm³/mol. The van der Waals surface area contributed by atoms with E-state index in [1.807, 2.05) is 19.1 Å². The molecule has 0 heterocycles. The topological polar surface area (TPSA) is 50.8 Å². The lowest BCUT2D eigenvalue weighted by Crippen LogP contribution is -2.34. The van der Waals surface area contributed by atoms with Crippen LogP contribution in [0.3, 0.4) is 0 Å². The molecule has 0 saturated heterocycles. The summed E-state index contributed by atoms with van der Waals surface area (Å²) >= 11 is 0. The van der Waals surface area contributed by atoms with Gasteiger partial charge in [-0.15, -0.1) is 0 Å². The van der Waals surface area contributed by atoms with Gasteiger partial charge in [-0.3, -0.25) is 4.79 Å². The van der Waals surface area contributed by atoms with Crippen molar-refractivity contribution in [3.63, 3.8) is 0 Å². The molecule has 1 N–H and O–H groups in total. The summed E-state index contributed by atoms with van der Waals surface area (Å²) in [7, 11) is 6.65. The van der Waals surface area contributed by atoms with Crippen molar-refractivity contribution in [1.82, 2.24) is 5.32 Å². The van der Waals surface area contributed by atoms with Crippen LogP contribution >= 0.6 is 0 Å². The molecule has 0 aliphatic carbocycles. The molecule has 0 saturated carbocycles. The summed E-state index contributed by atoms with van der Waals surface area (Å²) in [6.45, 7) is 2.23. The number of rotatable bonds is 5. The van der Waals surface area contributed by atoms with Gasteiger partial charge in [0.25, 0.3) is 0 Å². The van der Waals surface area contributed by atoms with Gasteiger partial charge in [0.2, 0.25) is 5.91 Å². The Morgan fingerprint density at radius 2 is 1.83 bits per heavy atom. The number of nitrogens with one attached hydrogen (secondary N) is 1. The first kappa shape index (κ1) is 14.3. The van der Waals surface area contributed by atoms with E-state index in [0.717, 1.165) is 11.3 Å². The average Bonchev–Trinajstić information content (AvgIpc) is 2.37. The molecule has 0 aromatic heterocycles. The van der Waals surface area contributed by atoms with E-state index in [1.54, 1.807) is 33.2 Å². The average molecular weight is 252 g/mol. The molecule has 5 nitrogen and oxygen atoms in total. The van der Waals surface area contributed by atoms with E-state index >= 15 is 0 Å². The highest BCUT2D eigenvalue weighted by atomic mass is 16.5. The highest BCUT2D eigenvalue weighted by Gasteiger charge is 2.15. The van der Waals surface area contributed by atoms with Gasteiger partial charge in [0.1, 0.15) is 0 Å². The molecule has 1 aromatic carbocycles. The summed E-state index contributed by atoms with van der Waals surface area (Å²) in [4.78, 5) is 13.4. The van der Waals surface area contributed by atoms with Crippen LogP contribution in [0, 0.1) is 6.92 Å².